The van der Waals surface area contributed by atoms with Gasteiger partial charge in [-0.15, -0.1) is 0 Å². The van der Waals surface area contributed by atoms with Crippen LogP contribution in [0.1, 0.15) is 12.6 Å². The van der Waals surface area contributed by atoms with Crippen LogP contribution in [0.4, 0.5) is 0 Å². The van der Waals surface area contributed by atoms with E-state index in [0.717, 1.165) is 25.2 Å². The van der Waals surface area contributed by atoms with Crippen molar-refractivity contribution in [2.24, 2.45) is 0 Å². The lowest BCUT2D eigenvalue weighted by Crippen LogP contribution is -2.16. The minimum Gasteiger partial charge on any atom is -0.317 e. The van der Waals surface area contributed by atoms with Gasteiger partial charge in [-0.05, 0) is 18.7 Å². The molecule has 0 amide bonds. The van der Waals surface area contributed by atoms with Crippen LogP contribution in [-0.2, 0) is 6.42 Å². The second-order valence-electron chi connectivity index (χ2n) is 2.42. The Bertz CT molecular complexity index is 184. The van der Waals surface area contributed by atoms with E-state index in [1.165, 1.54) is 0 Å². The Morgan fingerprint density at radius 3 is 3.00 bits per heavy atom. The molecule has 0 spiro atoms. The van der Waals surface area contributed by atoms with Crippen LogP contribution in [0, 0.1) is 0 Å². The van der Waals surface area contributed by atoms with Gasteiger partial charge in [0.25, 0.3) is 0 Å². The Morgan fingerprint density at radius 1 is 1.45 bits per heavy atom. The van der Waals surface area contributed by atoms with Crippen molar-refractivity contribution in [2.45, 2.75) is 13.3 Å². The van der Waals surface area contributed by atoms with Crippen LogP contribution >= 0.6 is 0 Å². The van der Waals surface area contributed by atoms with Crippen molar-refractivity contribution in [1.29, 1.82) is 0 Å². The van der Waals surface area contributed by atoms with Gasteiger partial charge in [-0.2, -0.15) is 0 Å². The van der Waals surface area contributed by atoms with Crippen molar-refractivity contribution in [3.05, 3.63) is 30.1 Å². The summed E-state index contributed by atoms with van der Waals surface area (Å²) in [5.74, 6) is 0. The molecule has 0 aliphatic heterocycles. The first-order valence-corrected chi connectivity index (χ1v) is 4.04. The smallest absolute Gasteiger partial charge is 0.0416 e. The molecule has 1 aromatic heterocycles. The van der Waals surface area contributed by atoms with Gasteiger partial charge in [0, 0.05) is 24.9 Å². The Labute approximate surface area is 67.7 Å². The minimum absolute atomic E-state index is 1.02. The van der Waals surface area contributed by atoms with E-state index in [2.05, 4.69) is 23.3 Å². The van der Waals surface area contributed by atoms with Crippen LogP contribution < -0.4 is 5.32 Å². The van der Waals surface area contributed by atoms with Gasteiger partial charge in [0.15, 0.2) is 0 Å². The van der Waals surface area contributed by atoms with Crippen LogP contribution in [0.15, 0.2) is 24.4 Å². The maximum Gasteiger partial charge on any atom is 0.0416 e. The fraction of sp³-hybridized carbons (Fsp3) is 0.444. The quantitative estimate of drug-likeness (QED) is 0.653. The summed E-state index contributed by atoms with van der Waals surface area (Å²) in [7, 11) is 0. The number of aromatic nitrogens is 1. The summed E-state index contributed by atoms with van der Waals surface area (Å²) < 4.78 is 0. The lowest BCUT2D eigenvalue weighted by atomic mass is 10.3. The van der Waals surface area contributed by atoms with Crippen molar-refractivity contribution >= 4 is 0 Å². The molecule has 0 bridgehead atoms. The van der Waals surface area contributed by atoms with E-state index in [1.807, 2.05) is 18.3 Å². The highest BCUT2D eigenvalue weighted by Gasteiger charge is 1.89. The highest BCUT2D eigenvalue weighted by Crippen LogP contribution is 1.92. The SMILES string of the molecule is CCNCCc1ccccn1. The van der Waals surface area contributed by atoms with E-state index in [9.17, 15) is 0 Å². The second kappa shape index (κ2) is 4.85. The zero-order valence-corrected chi connectivity index (χ0v) is 6.88. The van der Waals surface area contributed by atoms with Gasteiger partial charge >= 0.3 is 0 Å². The summed E-state index contributed by atoms with van der Waals surface area (Å²) >= 11 is 0. The predicted octanol–water partition coefficient (Wildman–Crippen LogP) is 1.23. The van der Waals surface area contributed by atoms with E-state index >= 15 is 0 Å². The number of likely N-dealkylation sites (N-methyl/N-ethyl adjacent to an activating group) is 1. The summed E-state index contributed by atoms with van der Waals surface area (Å²) in [6, 6.07) is 6.02. The first-order valence-electron chi connectivity index (χ1n) is 4.04. The van der Waals surface area contributed by atoms with Crippen LogP contribution in [0.5, 0.6) is 0 Å². The summed E-state index contributed by atoms with van der Waals surface area (Å²) in [6.45, 7) is 4.17. The number of nitrogens with zero attached hydrogens (tertiary/aromatic N) is 1. The van der Waals surface area contributed by atoms with Crippen LogP contribution in [-0.4, -0.2) is 18.1 Å². The monoisotopic (exact) mass is 150 g/mol. The van der Waals surface area contributed by atoms with Crippen molar-refractivity contribution in [3.8, 4) is 0 Å². The molecule has 60 valence electrons. The third-order valence-corrected chi connectivity index (χ3v) is 1.53. The predicted molar refractivity (Wildman–Crippen MR) is 46.5 cm³/mol. The molecule has 11 heavy (non-hydrogen) atoms. The molecule has 2 heteroatoms. The van der Waals surface area contributed by atoms with Crippen molar-refractivity contribution in [1.82, 2.24) is 10.3 Å². The molecule has 0 unspecified atom stereocenters. The van der Waals surface area contributed by atoms with E-state index in [4.69, 9.17) is 0 Å². The molecule has 0 fully saturated rings. The standard InChI is InChI=1S/C9H14N2/c1-2-10-8-6-9-5-3-4-7-11-9/h3-5,7,10H,2,6,8H2,1H3. The van der Waals surface area contributed by atoms with Crippen LogP contribution in [0.3, 0.4) is 0 Å². The number of rotatable bonds is 4. The van der Waals surface area contributed by atoms with Gasteiger partial charge < -0.3 is 5.32 Å². The van der Waals surface area contributed by atoms with Gasteiger partial charge in [0.05, 0.1) is 0 Å². The highest BCUT2D eigenvalue weighted by atomic mass is 14.8. The van der Waals surface area contributed by atoms with Crippen molar-refractivity contribution in [3.63, 3.8) is 0 Å². The Hall–Kier alpha value is -0.890. The molecule has 0 aliphatic rings. The average molecular weight is 150 g/mol. The fourth-order valence-corrected chi connectivity index (χ4v) is 0.939. The molecule has 0 saturated carbocycles. The lowest BCUT2D eigenvalue weighted by molar-refractivity contribution is 0.708. The van der Waals surface area contributed by atoms with E-state index in [0.29, 0.717) is 0 Å². The van der Waals surface area contributed by atoms with Gasteiger partial charge in [0.1, 0.15) is 0 Å². The summed E-state index contributed by atoms with van der Waals surface area (Å²) in [6.07, 6.45) is 2.86. The van der Waals surface area contributed by atoms with Gasteiger partial charge in [-0.3, -0.25) is 4.98 Å². The largest absolute Gasteiger partial charge is 0.317 e. The van der Waals surface area contributed by atoms with E-state index < -0.39 is 0 Å². The second-order valence-corrected chi connectivity index (χ2v) is 2.42. The average Bonchev–Trinajstić information content (AvgIpc) is 2.07. The van der Waals surface area contributed by atoms with Gasteiger partial charge in [0.2, 0.25) is 0 Å². The van der Waals surface area contributed by atoms with Crippen LogP contribution in [0.2, 0.25) is 0 Å². The molecular formula is C9H14N2. The maximum atomic E-state index is 4.21. The molecule has 0 atom stereocenters. The van der Waals surface area contributed by atoms with Gasteiger partial charge in [-0.25, -0.2) is 0 Å². The highest BCUT2D eigenvalue weighted by molar-refractivity contribution is 5.03. The van der Waals surface area contributed by atoms with Crippen LogP contribution in [0.25, 0.3) is 0 Å². The molecule has 0 radical (unpaired) electrons. The summed E-state index contributed by atoms with van der Waals surface area (Å²) in [5, 5.41) is 3.26. The molecule has 1 aromatic rings. The third-order valence-electron chi connectivity index (χ3n) is 1.53. The Balaban J connectivity index is 2.28. The minimum atomic E-state index is 1.02. The fourth-order valence-electron chi connectivity index (χ4n) is 0.939. The van der Waals surface area contributed by atoms with Crippen molar-refractivity contribution < 1.29 is 0 Å². The molecule has 0 aromatic carbocycles. The Morgan fingerprint density at radius 2 is 2.36 bits per heavy atom. The molecule has 0 saturated heterocycles. The maximum absolute atomic E-state index is 4.21. The number of pyridine rings is 1. The topological polar surface area (TPSA) is 24.9 Å². The first-order chi connectivity index (χ1) is 5.43. The first kappa shape index (κ1) is 8.21. The normalized spacial score (nSPS) is 9.91. The number of hydrogen-bond donors (Lipinski definition) is 1. The van der Waals surface area contributed by atoms with Gasteiger partial charge in [-0.1, -0.05) is 13.0 Å². The molecule has 1 rings (SSSR count). The molecule has 0 aliphatic carbocycles. The van der Waals surface area contributed by atoms with E-state index in [1.54, 1.807) is 0 Å². The van der Waals surface area contributed by atoms with E-state index in [-0.39, 0.29) is 0 Å². The van der Waals surface area contributed by atoms with Crippen molar-refractivity contribution in [2.75, 3.05) is 13.1 Å². The molecular weight excluding hydrogens is 136 g/mol. The molecule has 2 nitrogen and oxygen atoms in total. The third kappa shape index (κ3) is 3.14. The Kier molecular flexibility index (Phi) is 3.62. The summed E-state index contributed by atoms with van der Waals surface area (Å²) in [4.78, 5) is 4.21. The lowest BCUT2D eigenvalue weighted by Gasteiger charge is -1.99. The zero-order valence-electron chi connectivity index (χ0n) is 6.88. The zero-order chi connectivity index (χ0) is 7.94. The summed E-state index contributed by atoms with van der Waals surface area (Å²) in [5.41, 5.74) is 1.16. The molecule has 1 heterocycles. The number of hydrogen-bond acceptors (Lipinski definition) is 2. The molecule has 1 N–H and O–H groups in total. The number of nitrogens with one attached hydrogen (secondary N) is 1.